The molecule has 0 unspecified atom stereocenters. The number of nitriles is 1. The fourth-order valence-electron chi connectivity index (χ4n) is 0.652. The Labute approximate surface area is 66.2 Å². The Kier molecular flexibility index (Phi) is 1.96. The topological polar surface area (TPSA) is 79.8 Å². The van der Waals surface area contributed by atoms with Gasteiger partial charge in [-0.05, 0) is 16.0 Å². The third-order valence-electron chi connectivity index (χ3n) is 1.13. The van der Waals surface area contributed by atoms with Gasteiger partial charge in [0.15, 0.2) is 0 Å². The summed E-state index contributed by atoms with van der Waals surface area (Å²) in [6.07, 6.45) is 0. The van der Waals surface area contributed by atoms with E-state index in [1.165, 1.54) is 6.07 Å². The van der Waals surface area contributed by atoms with Crippen molar-refractivity contribution in [3.8, 4) is 6.07 Å². The van der Waals surface area contributed by atoms with Gasteiger partial charge in [-0.15, -0.1) is 0 Å². The van der Waals surface area contributed by atoms with Crippen molar-refractivity contribution in [3.63, 3.8) is 0 Å². The third-order valence-corrected chi connectivity index (χ3v) is 1.13. The van der Waals surface area contributed by atoms with E-state index in [9.17, 15) is 14.5 Å². The standard InChI is InChI=1S/C6H2FN3O2/c7-5-2-1-4(3-8)6(9-5)10(11)12/h1-2H. The van der Waals surface area contributed by atoms with Crippen molar-refractivity contribution in [1.82, 2.24) is 4.98 Å². The normalized spacial score (nSPS) is 9.00. The second kappa shape index (κ2) is 2.92. The Bertz CT molecular complexity index is 372. The summed E-state index contributed by atoms with van der Waals surface area (Å²) in [6.45, 7) is 0. The van der Waals surface area contributed by atoms with Crippen LogP contribution in [0.3, 0.4) is 0 Å². The first-order valence-corrected chi connectivity index (χ1v) is 2.86. The van der Waals surface area contributed by atoms with Crippen LogP contribution in [0.1, 0.15) is 5.56 Å². The van der Waals surface area contributed by atoms with E-state index in [2.05, 4.69) is 4.98 Å². The predicted octanol–water partition coefficient (Wildman–Crippen LogP) is 1.00. The Balaban J connectivity index is 3.34. The van der Waals surface area contributed by atoms with Crippen molar-refractivity contribution < 1.29 is 9.31 Å². The van der Waals surface area contributed by atoms with Gasteiger partial charge in [0, 0.05) is 6.07 Å². The zero-order valence-electron chi connectivity index (χ0n) is 5.69. The van der Waals surface area contributed by atoms with Gasteiger partial charge in [0.2, 0.25) is 0 Å². The molecule has 0 aromatic carbocycles. The molecule has 0 radical (unpaired) electrons. The van der Waals surface area contributed by atoms with Crippen molar-refractivity contribution in [1.29, 1.82) is 5.26 Å². The van der Waals surface area contributed by atoms with Crippen molar-refractivity contribution in [2.75, 3.05) is 0 Å². The third kappa shape index (κ3) is 1.34. The molecule has 12 heavy (non-hydrogen) atoms. The van der Waals surface area contributed by atoms with Gasteiger partial charge >= 0.3 is 11.8 Å². The lowest BCUT2D eigenvalue weighted by molar-refractivity contribution is -0.390. The molecule has 6 heteroatoms. The van der Waals surface area contributed by atoms with Gasteiger partial charge in [0.25, 0.3) is 0 Å². The van der Waals surface area contributed by atoms with E-state index in [-0.39, 0.29) is 5.56 Å². The maximum atomic E-state index is 12.3. The fraction of sp³-hybridized carbons (Fsp3) is 0. The lowest BCUT2D eigenvalue weighted by Gasteiger charge is -1.92. The molecule has 1 aromatic heterocycles. The molecule has 1 heterocycles. The first-order chi connectivity index (χ1) is 5.65. The fourth-order valence-corrected chi connectivity index (χ4v) is 0.652. The number of hydrogen-bond donors (Lipinski definition) is 0. The molecule has 1 rings (SSSR count). The molecule has 1 aromatic rings. The number of pyridine rings is 1. The second-order valence-electron chi connectivity index (χ2n) is 1.87. The van der Waals surface area contributed by atoms with E-state index >= 15 is 0 Å². The molecule has 0 saturated heterocycles. The maximum Gasteiger partial charge on any atom is 0.384 e. The van der Waals surface area contributed by atoms with Crippen LogP contribution in [0.5, 0.6) is 0 Å². The molecule has 5 nitrogen and oxygen atoms in total. The monoisotopic (exact) mass is 167 g/mol. The van der Waals surface area contributed by atoms with Crippen molar-refractivity contribution in [3.05, 3.63) is 33.8 Å². The molecular formula is C6H2FN3O2. The zero-order chi connectivity index (χ0) is 9.14. The Hall–Kier alpha value is -2.03. The molecule has 0 aliphatic rings. The molecular weight excluding hydrogens is 165 g/mol. The Morgan fingerprint density at radius 3 is 2.83 bits per heavy atom. The number of nitrogens with zero attached hydrogens (tertiary/aromatic N) is 3. The summed E-state index contributed by atoms with van der Waals surface area (Å²) in [7, 11) is 0. The highest BCUT2D eigenvalue weighted by atomic mass is 19.1. The highest BCUT2D eigenvalue weighted by Gasteiger charge is 2.16. The summed E-state index contributed by atoms with van der Waals surface area (Å²) >= 11 is 0. The average molecular weight is 167 g/mol. The van der Waals surface area contributed by atoms with Crippen molar-refractivity contribution in [2.24, 2.45) is 0 Å². The lowest BCUT2D eigenvalue weighted by Crippen LogP contribution is -1.97. The number of rotatable bonds is 1. The molecule has 0 aliphatic heterocycles. The summed E-state index contributed by atoms with van der Waals surface area (Å²) in [4.78, 5) is 12.2. The van der Waals surface area contributed by atoms with Gasteiger partial charge in [0.05, 0.1) is 0 Å². The van der Waals surface area contributed by atoms with Crippen LogP contribution in [0.4, 0.5) is 10.2 Å². The summed E-state index contributed by atoms with van der Waals surface area (Å²) in [5.74, 6) is -1.72. The minimum atomic E-state index is -0.972. The molecule has 60 valence electrons. The number of halogens is 1. The summed E-state index contributed by atoms with van der Waals surface area (Å²) in [5.41, 5.74) is -0.249. The zero-order valence-corrected chi connectivity index (χ0v) is 5.69. The molecule has 0 fully saturated rings. The van der Waals surface area contributed by atoms with Gasteiger partial charge in [0.1, 0.15) is 11.6 Å². The van der Waals surface area contributed by atoms with Gasteiger partial charge in [-0.3, -0.25) is 0 Å². The van der Waals surface area contributed by atoms with Gasteiger partial charge in [-0.25, -0.2) is 0 Å². The molecule has 0 atom stereocenters. The van der Waals surface area contributed by atoms with Crippen molar-refractivity contribution in [2.45, 2.75) is 0 Å². The van der Waals surface area contributed by atoms with Crippen LogP contribution in [-0.4, -0.2) is 9.91 Å². The highest BCUT2D eigenvalue weighted by molar-refractivity contribution is 5.42. The van der Waals surface area contributed by atoms with Gasteiger partial charge in [-0.2, -0.15) is 9.65 Å². The van der Waals surface area contributed by atoms with E-state index in [1.54, 1.807) is 0 Å². The Morgan fingerprint density at radius 1 is 1.67 bits per heavy atom. The molecule has 0 spiro atoms. The second-order valence-corrected chi connectivity index (χ2v) is 1.87. The minimum Gasteiger partial charge on any atom is -0.358 e. The van der Waals surface area contributed by atoms with Crippen LogP contribution in [0.15, 0.2) is 12.1 Å². The van der Waals surface area contributed by atoms with E-state index < -0.39 is 16.7 Å². The largest absolute Gasteiger partial charge is 0.384 e. The van der Waals surface area contributed by atoms with Crippen LogP contribution in [0.25, 0.3) is 0 Å². The van der Waals surface area contributed by atoms with E-state index in [0.29, 0.717) is 0 Å². The van der Waals surface area contributed by atoms with Gasteiger partial charge in [-0.1, -0.05) is 0 Å². The molecule has 0 saturated carbocycles. The molecule has 0 amide bonds. The number of hydrogen-bond acceptors (Lipinski definition) is 4. The van der Waals surface area contributed by atoms with E-state index in [0.717, 1.165) is 12.1 Å². The van der Waals surface area contributed by atoms with Crippen LogP contribution in [0, 0.1) is 27.4 Å². The van der Waals surface area contributed by atoms with Crippen LogP contribution in [0.2, 0.25) is 0 Å². The summed E-state index contributed by atoms with van der Waals surface area (Å²) < 4.78 is 12.3. The molecule has 0 aliphatic carbocycles. The van der Waals surface area contributed by atoms with Crippen LogP contribution >= 0.6 is 0 Å². The van der Waals surface area contributed by atoms with E-state index in [1.807, 2.05) is 0 Å². The Morgan fingerprint density at radius 2 is 2.33 bits per heavy atom. The van der Waals surface area contributed by atoms with Crippen LogP contribution in [-0.2, 0) is 0 Å². The molecule has 0 N–H and O–H groups in total. The summed E-state index contributed by atoms with van der Waals surface area (Å²) in [5, 5.41) is 18.5. The van der Waals surface area contributed by atoms with Gasteiger partial charge < -0.3 is 10.1 Å². The smallest absolute Gasteiger partial charge is 0.358 e. The van der Waals surface area contributed by atoms with Crippen LogP contribution < -0.4 is 0 Å². The average Bonchev–Trinajstić information content (AvgIpc) is 2.04. The molecule has 0 bridgehead atoms. The predicted molar refractivity (Wildman–Crippen MR) is 35.6 cm³/mol. The lowest BCUT2D eigenvalue weighted by atomic mass is 10.3. The maximum absolute atomic E-state index is 12.3. The highest BCUT2D eigenvalue weighted by Crippen LogP contribution is 2.13. The SMILES string of the molecule is N#Cc1ccc(F)nc1[N+](=O)[O-]. The quantitative estimate of drug-likeness (QED) is 0.355. The minimum absolute atomic E-state index is 0.249. The first kappa shape index (κ1) is 8.07. The number of nitro groups is 1. The van der Waals surface area contributed by atoms with E-state index in [4.69, 9.17) is 5.26 Å². The number of aromatic nitrogens is 1. The summed E-state index contributed by atoms with van der Waals surface area (Å²) in [6, 6.07) is 3.44. The first-order valence-electron chi connectivity index (χ1n) is 2.86. The van der Waals surface area contributed by atoms with Crippen molar-refractivity contribution >= 4 is 5.82 Å².